The van der Waals surface area contributed by atoms with Gasteiger partial charge in [-0.1, -0.05) is 0 Å². The molecule has 3 aliphatic heterocycles. The molecule has 1 aromatic carbocycles. The molecule has 5 heterocycles. The fraction of sp³-hybridized carbons (Fsp3) is 0.348. The van der Waals surface area contributed by atoms with Crippen LogP contribution in [0.1, 0.15) is 41.7 Å². The molecule has 9 nitrogen and oxygen atoms in total. The Morgan fingerprint density at radius 1 is 1.19 bits per heavy atom. The molecule has 9 heteroatoms. The number of rotatable bonds is 3. The van der Waals surface area contributed by atoms with Gasteiger partial charge in [0.2, 0.25) is 6.79 Å². The Morgan fingerprint density at radius 3 is 2.75 bits per heavy atom. The molecule has 3 aromatic rings. The maximum absolute atomic E-state index is 13.2. The van der Waals surface area contributed by atoms with Crippen molar-refractivity contribution in [3.8, 4) is 22.9 Å². The third-order valence-electron chi connectivity index (χ3n) is 6.42. The van der Waals surface area contributed by atoms with Gasteiger partial charge in [-0.05, 0) is 37.5 Å². The van der Waals surface area contributed by atoms with Gasteiger partial charge in [-0.3, -0.25) is 4.79 Å². The molecule has 0 saturated carbocycles. The zero-order valence-electron chi connectivity index (χ0n) is 17.4. The van der Waals surface area contributed by atoms with Crippen LogP contribution < -0.4 is 20.8 Å². The first-order valence-corrected chi connectivity index (χ1v) is 10.5. The monoisotopic (exact) mass is 435 g/mol. The van der Waals surface area contributed by atoms with E-state index in [4.69, 9.17) is 24.9 Å². The van der Waals surface area contributed by atoms with Crippen molar-refractivity contribution in [3.05, 3.63) is 50.8 Å². The Kier molecular flexibility index (Phi) is 4.08. The summed E-state index contributed by atoms with van der Waals surface area (Å²) in [7, 11) is 0. The molecule has 0 spiro atoms. The van der Waals surface area contributed by atoms with Crippen molar-refractivity contribution < 1.29 is 24.1 Å². The number of nitrogens with two attached hydrogens (primary N) is 1. The molecule has 2 atom stereocenters. The molecular weight excluding hydrogens is 414 g/mol. The summed E-state index contributed by atoms with van der Waals surface area (Å²) in [6.45, 7) is 2.34. The van der Waals surface area contributed by atoms with Gasteiger partial charge in [0.05, 0.1) is 29.0 Å². The van der Waals surface area contributed by atoms with Crippen LogP contribution >= 0.6 is 0 Å². The fourth-order valence-electron chi connectivity index (χ4n) is 4.76. The predicted octanol–water partition coefficient (Wildman–Crippen LogP) is 1.52. The molecule has 0 saturated heterocycles. The summed E-state index contributed by atoms with van der Waals surface area (Å²) < 4.78 is 17.7. The number of carbonyl (C=O) groups is 1. The summed E-state index contributed by atoms with van der Waals surface area (Å²) in [6.07, 6.45) is 0.00181. The average molecular weight is 435 g/mol. The van der Waals surface area contributed by atoms with E-state index >= 15 is 0 Å². The van der Waals surface area contributed by atoms with E-state index in [2.05, 4.69) is 0 Å². The highest BCUT2D eigenvalue weighted by atomic mass is 16.7. The van der Waals surface area contributed by atoms with Gasteiger partial charge in [-0.15, -0.1) is 0 Å². The second-order valence-corrected chi connectivity index (χ2v) is 8.52. The van der Waals surface area contributed by atoms with Gasteiger partial charge in [0.25, 0.3) is 5.56 Å². The van der Waals surface area contributed by atoms with Gasteiger partial charge in [0.15, 0.2) is 17.6 Å². The lowest BCUT2D eigenvalue weighted by Crippen LogP contribution is -2.32. The minimum absolute atomic E-state index is 0.0139. The van der Waals surface area contributed by atoms with Crippen LogP contribution in [0.15, 0.2) is 23.0 Å². The first-order valence-electron chi connectivity index (χ1n) is 10.5. The molecule has 0 bridgehead atoms. The number of esters is 1. The lowest BCUT2D eigenvalue weighted by atomic mass is 9.95. The number of aromatic nitrogens is 2. The maximum Gasteiger partial charge on any atom is 0.340 e. The zero-order valence-corrected chi connectivity index (χ0v) is 17.4. The van der Waals surface area contributed by atoms with Gasteiger partial charge in [0.1, 0.15) is 6.61 Å². The number of aliphatic hydroxyl groups excluding tert-OH is 1. The standard InChI is InChI=1S/C23H21N3O6/c1-10(24)2-3-11-12-5-18-19(32-9-31-18)6-16(12)25-20-14(11)7-26-17(20)4-13-15(22(26)28)8-30-23(29)21(13)27/h4-6,10,21,27H,2-3,7-9,24H2,1H3/t10-,21+/m1/s1. The number of carbonyl (C=O) groups excluding carboxylic acids is 1. The van der Waals surface area contributed by atoms with Crippen molar-refractivity contribution in [2.75, 3.05) is 6.79 Å². The maximum atomic E-state index is 13.2. The number of ether oxygens (including phenoxy) is 3. The van der Waals surface area contributed by atoms with Crippen molar-refractivity contribution in [3.63, 3.8) is 0 Å². The second kappa shape index (κ2) is 6.78. The SMILES string of the molecule is C[C@@H](N)CCc1c2c(nc3cc4c(cc13)OCO4)-c1cc3c(c(=O)n1C2)COC(=O)[C@H]3O. The van der Waals surface area contributed by atoms with Gasteiger partial charge in [-0.25, -0.2) is 9.78 Å². The third kappa shape index (κ3) is 2.68. The summed E-state index contributed by atoms with van der Waals surface area (Å²) in [5, 5.41) is 11.3. The molecule has 0 aliphatic carbocycles. The average Bonchev–Trinajstić information content (AvgIpc) is 3.37. The zero-order chi connectivity index (χ0) is 22.1. The van der Waals surface area contributed by atoms with E-state index in [-0.39, 0.29) is 30.6 Å². The largest absolute Gasteiger partial charge is 0.458 e. The quantitative estimate of drug-likeness (QED) is 0.464. The van der Waals surface area contributed by atoms with Crippen LogP contribution in [0.4, 0.5) is 0 Å². The van der Waals surface area contributed by atoms with Crippen molar-refractivity contribution in [1.82, 2.24) is 9.55 Å². The van der Waals surface area contributed by atoms with E-state index in [1.54, 1.807) is 10.6 Å². The highest BCUT2D eigenvalue weighted by molar-refractivity contribution is 5.91. The van der Waals surface area contributed by atoms with Crippen LogP contribution in [0.2, 0.25) is 0 Å². The Bertz CT molecular complexity index is 1380. The second-order valence-electron chi connectivity index (χ2n) is 8.52. The summed E-state index contributed by atoms with van der Waals surface area (Å²) in [4.78, 5) is 30.0. The van der Waals surface area contributed by atoms with E-state index in [0.29, 0.717) is 41.4 Å². The van der Waals surface area contributed by atoms with Crippen LogP contribution in [0.25, 0.3) is 22.3 Å². The van der Waals surface area contributed by atoms with E-state index in [1.165, 1.54) is 0 Å². The fourth-order valence-corrected chi connectivity index (χ4v) is 4.76. The molecule has 0 amide bonds. The highest BCUT2D eigenvalue weighted by Gasteiger charge is 2.35. The Labute approximate surface area is 182 Å². The van der Waals surface area contributed by atoms with Gasteiger partial charge < -0.3 is 29.6 Å². The lowest BCUT2D eigenvalue weighted by molar-refractivity contribution is -0.157. The van der Waals surface area contributed by atoms with Gasteiger partial charge >= 0.3 is 5.97 Å². The Balaban J connectivity index is 1.61. The van der Waals surface area contributed by atoms with E-state index < -0.39 is 12.1 Å². The van der Waals surface area contributed by atoms with Crippen LogP contribution in [0, 0.1) is 0 Å². The number of benzene rings is 1. The first-order chi connectivity index (χ1) is 15.4. The molecule has 0 radical (unpaired) electrons. The van der Waals surface area contributed by atoms with E-state index in [0.717, 1.165) is 28.5 Å². The molecule has 0 fully saturated rings. The summed E-state index contributed by atoms with van der Waals surface area (Å²) in [6, 6.07) is 5.49. The van der Waals surface area contributed by atoms with Crippen molar-refractivity contribution >= 4 is 16.9 Å². The highest BCUT2D eigenvalue weighted by Crippen LogP contribution is 2.42. The van der Waals surface area contributed by atoms with E-state index in [1.807, 2.05) is 19.1 Å². The number of hydrogen-bond acceptors (Lipinski definition) is 8. The number of cyclic esters (lactones) is 1. The van der Waals surface area contributed by atoms with Crippen LogP contribution in [-0.2, 0) is 29.1 Å². The molecular formula is C23H21N3O6. The van der Waals surface area contributed by atoms with Crippen molar-refractivity contribution in [2.24, 2.45) is 5.73 Å². The summed E-state index contributed by atoms with van der Waals surface area (Å²) >= 11 is 0. The number of hydrogen-bond donors (Lipinski definition) is 2. The summed E-state index contributed by atoms with van der Waals surface area (Å²) in [5.74, 6) is 0.544. The topological polar surface area (TPSA) is 126 Å². The normalized spacial score (nSPS) is 18.8. The molecule has 6 rings (SSSR count). The minimum Gasteiger partial charge on any atom is -0.458 e. The summed E-state index contributed by atoms with van der Waals surface area (Å²) in [5.41, 5.74) is 10.3. The molecule has 164 valence electrons. The Morgan fingerprint density at radius 2 is 1.97 bits per heavy atom. The number of aryl methyl sites for hydroxylation is 1. The molecule has 3 N–H and O–H groups in total. The number of fused-ring (bicyclic) bond motifs is 6. The molecule has 2 aromatic heterocycles. The predicted molar refractivity (Wildman–Crippen MR) is 113 cm³/mol. The van der Waals surface area contributed by atoms with Crippen molar-refractivity contribution in [1.29, 1.82) is 0 Å². The van der Waals surface area contributed by atoms with Gasteiger partial charge in [-0.2, -0.15) is 0 Å². The van der Waals surface area contributed by atoms with E-state index in [9.17, 15) is 14.7 Å². The molecule has 32 heavy (non-hydrogen) atoms. The van der Waals surface area contributed by atoms with Gasteiger partial charge in [0, 0.05) is 28.6 Å². The Hall–Kier alpha value is -3.43. The van der Waals surface area contributed by atoms with Crippen molar-refractivity contribution in [2.45, 2.75) is 45.1 Å². The minimum atomic E-state index is -1.48. The molecule has 0 unspecified atom stereocenters. The number of nitrogens with zero attached hydrogens (tertiary/aromatic N) is 2. The van der Waals surface area contributed by atoms with Crippen LogP contribution in [-0.4, -0.2) is 33.5 Å². The number of aliphatic hydroxyl groups is 1. The van der Waals surface area contributed by atoms with Crippen LogP contribution in [0.3, 0.4) is 0 Å². The number of pyridine rings is 2. The smallest absolute Gasteiger partial charge is 0.340 e. The first kappa shape index (κ1) is 19.3. The lowest BCUT2D eigenvalue weighted by Gasteiger charge is -2.21. The molecule has 3 aliphatic rings. The van der Waals surface area contributed by atoms with Crippen LogP contribution in [0.5, 0.6) is 11.5 Å². The third-order valence-corrected chi connectivity index (χ3v) is 6.42.